The molecular weight excluding hydrogens is 391 g/mol. The van der Waals surface area contributed by atoms with Gasteiger partial charge in [0.25, 0.3) is 0 Å². The zero-order chi connectivity index (χ0) is 20.3. The summed E-state index contributed by atoms with van der Waals surface area (Å²) in [6.07, 6.45) is 0.922. The minimum Gasteiger partial charge on any atom is -0.481 e. The molecule has 0 aliphatic rings. The normalized spacial score (nSPS) is 12.0. The molecule has 0 saturated heterocycles. The first-order valence-electron chi connectivity index (χ1n) is 8.20. The van der Waals surface area contributed by atoms with E-state index >= 15 is 0 Å². The van der Waals surface area contributed by atoms with Crippen molar-refractivity contribution in [3.63, 3.8) is 0 Å². The average molecular weight is 407 g/mol. The Hall–Kier alpha value is -3.04. The summed E-state index contributed by atoms with van der Waals surface area (Å²) in [4.78, 5) is 19.3. The van der Waals surface area contributed by atoms with Crippen molar-refractivity contribution in [1.82, 2.24) is 9.97 Å². The summed E-state index contributed by atoms with van der Waals surface area (Å²) < 4.78 is 24.0. The zero-order valence-electron chi connectivity index (χ0n) is 15.0. The van der Waals surface area contributed by atoms with Gasteiger partial charge in [0.1, 0.15) is 24.1 Å². The predicted molar refractivity (Wildman–Crippen MR) is 103 cm³/mol. The van der Waals surface area contributed by atoms with E-state index in [1.54, 1.807) is 6.92 Å². The van der Waals surface area contributed by atoms with Crippen molar-refractivity contribution in [2.75, 3.05) is 19.0 Å². The van der Waals surface area contributed by atoms with Crippen molar-refractivity contribution in [2.24, 2.45) is 0 Å². The van der Waals surface area contributed by atoms with E-state index in [1.165, 1.54) is 43.8 Å². The zero-order valence-corrected chi connectivity index (χ0v) is 15.7. The third-order valence-electron chi connectivity index (χ3n) is 3.82. The van der Waals surface area contributed by atoms with Crippen molar-refractivity contribution in [1.29, 1.82) is 0 Å². The highest BCUT2D eigenvalue weighted by molar-refractivity contribution is 6.31. The number of ether oxygens (including phenoxy) is 2. The number of benzene rings is 2. The van der Waals surface area contributed by atoms with Crippen molar-refractivity contribution in [3.05, 3.63) is 57.6 Å². The Morgan fingerprint density at radius 2 is 2.11 bits per heavy atom. The van der Waals surface area contributed by atoms with Crippen LogP contribution in [-0.2, 0) is 4.74 Å². The molecule has 0 radical (unpaired) electrons. The number of anilines is 2. The van der Waals surface area contributed by atoms with Gasteiger partial charge >= 0.3 is 5.69 Å². The number of nitro benzene ring substituents is 1. The number of hydrogen-bond acceptors (Lipinski definition) is 7. The standard InChI is InChI=1S/C18H16ClFN4O4/c1-10(8-27-2)28-17-7-15-12(6-16(17)24(25)26)18(22-9-21-15)23-11-3-4-14(20)13(19)5-11/h3-7,9-10H,8H2,1-2H3,(H,21,22,23)/t10-/m0/s1. The second-order valence-electron chi connectivity index (χ2n) is 5.95. The minimum absolute atomic E-state index is 0.0582. The van der Waals surface area contributed by atoms with E-state index in [1.807, 2.05) is 0 Å². The van der Waals surface area contributed by atoms with Gasteiger partial charge in [0, 0.05) is 24.9 Å². The van der Waals surface area contributed by atoms with E-state index in [4.69, 9.17) is 21.1 Å². The van der Waals surface area contributed by atoms with Crippen LogP contribution >= 0.6 is 11.6 Å². The predicted octanol–water partition coefficient (Wildman–Crippen LogP) is 4.49. The molecule has 1 aromatic heterocycles. The van der Waals surface area contributed by atoms with Crippen molar-refractivity contribution >= 4 is 39.7 Å². The van der Waals surface area contributed by atoms with Crippen LogP contribution in [0.3, 0.4) is 0 Å². The first kappa shape index (κ1) is 19.7. The van der Waals surface area contributed by atoms with Crippen molar-refractivity contribution in [2.45, 2.75) is 13.0 Å². The molecule has 3 rings (SSSR count). The van der Waals surface area contributed by atoms with Gasteiger partial charge < -0.3 is 14.8 Å². The van der Waals surface area contributed by atoms with Crippen LogP contribution < -0.4 is 10.1 Å². The summed E-state index contributed by atoms with van der Waals surface area (Å²) in [6.45, 7) is 2.01. The van der Waals surface area contributed by atoms with E-state index in [2.05, 4.69) is 15.3 Å². The van der Waals surface area contributed by atoms with Gasteiger partial charge in [-0.1, -0.05) is 11.6 Å². The van der Waals surface area contributed by atoms with Crippen LogP contribution in [0.2, 0.25) is 5.02 Å². The van der Waals surface area contributed by atoms with E-state index in [0.717, 1.165) is 0 Å². The first-order chi connectivity index (χ1) is 13.4. The summed E-state index contributed by atoms with van der Waals surface area (Å²) >= 11 is 5.80. The Bertz CT molecular complexity index is 1030. The number of nitrogens with one attached hydrogen (secondary N) is 1. The molecule has 3 aromatic rings. The SMILES string of the molecule is COC[C@H](C)Oc1cc2ncnc(Nc3ccc(F)c(Cl)c3)c2cc1[N+](=O)[O-]. The summed E-state index contributed by atoms with van der Waals surface area (Å²) in [7, 11) is 1.52. The number of hydrogen-bond donors (Lipinski definition) is 1. The van der Waals surface area contributed by atoms with Crippen molar-refractivity contribution < 1.29 is 18.8 Å². The molecule has 8 nitrogen and oxygen atoms in total. The van der Waals surface area contributed by atoms with Gasteiger partial charge in [-0.25, -0.2) is 14.4 Å². The van der Waals surface area contributed by atoms with Gasteiger partial charge in [0.2, 0.25) is 0 Å². The molecule has 0 saturated carbocycles. The van der Waals surface area contributed by atoms with Crippen LogP contribution in [0.4, 0.5) is 21.6 Å². The van der Waals surface area contributed by atoms with Gasteiger partial charge in [-0.05, 0) is 25.1 Å². The Morgan fingerprint density at radius 1 is 1.32 bits per heavy atom. The largest absolute Gasteiger partial charge is 0.481 e. The lowest BCUT2D eigenvalue weighted by atomic mass is 10.2. The van der Waals surface area contributed by atoms with Gasteiger partial charge in [-0.15, -0.1) is 0 Å². The van der Waals surface area contributed by atoms with E-state index < -0.39 is 10.7 Å². The number of halogens is 2. The summed E-state index contributed by atoms with van der Waals surface area (Å²) in [5.41, 5.74) is 0.685. The van der Waals surface area contributed by atoms with Crippen LogP contribution in [-0.4, -0.2) is 34.7 Å². The number of fused-ring (bicyclic) bond motifs is 1. The summed E-state index contributed by atoms with van der Waals surface area (Å²) in [5.74, 6) is -0.161. The molecule has 0 unspecified atom stereocenters. The second kappa shape index (κ2) is 8.32. The van der Waals surface area contributed by atoms with Crippen molar-refractivity contribution in [3.8, 4) is 5.75 Å². The number of rotatable bonds is 7. The molecule has 1 heterocycles. The van der Waals surface area contributed by atoms with Crippen LogP contribution in [0.15, 0.2) is 36.7 Å². The van der Waals surface area contributed by atoms with Crippen LogP contribution in [0.25, 0.3) is 10.9 Å². The maximum atomic E-state index is 13.4. The van der Waals surface area contributed by atoms with Crippen LogP contribution in [0, 0.1) is 15.9 Å². The molecule has 10 heteroatoms. The number of nitro groups is 1. The van der Waals surface area contributed by atoms with Gasteiger partial charge in [0.15, 0.2) is 5.75 Å². The smallest absolute Gasteiger partial charge is 0.311 e. The maximum Gasteiger partial charge on any atom is 0.311 e. The highest BCUT2D eigenvalue weighted by atomic mass is 35.5. The fourth-order valence-electron chi connectivity index (χ4n) is 2.61. The molecule has 0 fully saturated rings. The number of aromatic nitrogens is 2. The molecule has 0 aliphatic heterocycles. The quantitative estimate of drug-likeness (QED) is 0.455. The molecule has 0 amide bonds. The number of nitrogens with zero attached hydrogens (tertiary/aromatic N) is 3. The molecule has 2 aromatic carbocycles. The molecule has 0 aliphatic carbocycles. The fourth-order valence-corrected chi connectivity index (χ4v) is 2.79. The highest BCUT2D eigenvalue weighted by Crippen LogP contribution is 2.35. The molecule has 0 bridgehead atoms. The first-order valence-corrected chi connectivity index (χ1v) is 8.57. The topological polar surface area (TPSA) is 99.4 Å². The Balaban J connectivity index is 2.04. The van der Waals surface area contributed by atoms with E-state index in [9.17, 15) is 14.5 Å². The average Bonchev–Trinajstić information content (AvgIpc) is 2.64. The Morgan fingerprint density at radius 3 is 2.79 bits per heavy atom. The second-order valence-corrected chi connectivity index (χ2v) is 6.36. The Kier molecular flexibility index (Phi) is 5.86. The Labute approximate surface area is 164 Å². The summed E-state index contributed by atoms with van der Waals surface area (Å²) in [5, 5.41) is 14.9. The van der Waals surface area contributed by atoms with E-state index in [-0.39, 0.29) is 29.2 Å². The van der Waals surface area contributed by atoms with Gasteiger partial charge in [0.05, 0.1) is 27.5 Å². The lowest BCUT2D eigenvalue weighted by molar-refractivity contribution is -0.385. The fraction of sp³-hybridized carbons (Fsp3) is 0.222. The summed E-state index contributed by atoms with van der Waals surface area (Å²) in [6, 6.07) is 6.89. The third kappa shape index (κ3) is 4.26. The lowest BCUT2D eigenvalue weighted by Gasteiger charge is -2.15. The van der Waals surface area contributed by atoms with Gasteiger partial charge in [-0.2, -0.15) is 0 Å². The third-order valence-corrected chi connectivity index (χ3v) is 4.11. The van der Waals surface area contributed by atoms with Gasteiger partial charge in [-0.3, -0.25) is 10.1 Å². The van der Waals surface area contributed by atoms with E-state index in [0.29, 0.717) is 22.4 Å². The maximum absolute atomic E-state index is 13.4. The highest BCUT2D eigenvalue weighted by Gasteiger charge is 2.21. The molecule has 1 atom stereocenters. The monoisotopic (exact) mass is 406 g/mol. The molecule has 28 heavy (non-hydrogen) atoms. The lowest BCUT2D eigenvalue weighted by Crippen LogP contribution is -2.18. The molecule has 1 N–H and O–H groups in total. The molecule has 146 valence electrons. The minimum atomic E-state index is -0.553. The van der Waals surface area contributed by atoms with Crippen LogP contribution in [0.1, 0.15) is 6.92 Å². The molecule has 0 spiro atoms. The van der Waals surface area contributed by atoms with Crippen LogP contribution in [0.5, 0.6) is 5.75 Å². The number of methoxy groups -OCH3 is 1. The molecular formula is C18H16ClFN4O4.